The highest BCUT2D eigenvalue weighted by atomic mass is 19.1. The molecule has 1 aliphatic rings. The predicted octanol–water partition coefficient (Wildman–Crippen LogP) is 2.67. The van der Waals surface area contributed by atoms with Crippen molar-refractivity contribution in [3.8, 4) is 5.75 Å². The van der Waals surface area contributed by atoms with Gasteiger partial charge >= 0.3 is 5.97 Å². The third-order valence-electron chi connectivity index (χ3n) is 4.22. The van der Waals surface area contributed by atoms with Crippen LogP contribution in [0.1, 0.15) is 23.7 Å². The molecule has 146 valence electrons. The second-order valence-electron chi connectivity index (χ2n) is 6.36. The van der Waals surface area contributed by atoms with Crippen molar-refractivity contribution in [2.45, 2.75) is 19.4 Å². The molecule has 1 unspecified atom stereocenters. The van der Waals surface area contributed by atoms with Gasteiger partial charge in [0.1, 0.15) is 11.6 Å². The molecular weight excluding hydrogens is 365 g/mol. The van der Waals surface area contributed by atoms with Gasteiger partial charge in [0.25, 0.3) is 5.91 Å². The van der Waals surface area contributed by atoms with Crippen LogP contribution in [0.5, 0.6) is 5.75 Å². The fraction of sp³-hybridized carbons (Fsp3) is 0.250. The van der Waals surface area contributed by atoms with Gasteiger partial charge in [0.15, 0.2) is 0 Å². The first kappa shape index (κ1) is 19.3. The summed E-state index contributed by atoms with van der Waals surface area (Å²) in [6, 6.07) is 11.9. The van der Waals surface area contributed by atoms with E-state index in [9.17, 15) is 19.1 Å². The van der Waals surface area contributed by atoms with Crippen LogP contribution in [0.3, 0.4) is 0 Å². The second-order valence-corrected chi connectivity index (χ2v) is 6.36. The minimum atomic E-state index is -1.30. The van der Waals surface area contributed by atoms with Gasteiger partial charge in [0, 0.05) is 24.2 Å². The number of hydrazone groups is 1. The van der Waals surface area contributed by atoms with Crippen LogP contribution < -0.4 is 15.1 Å². The molecule has 0 spiro atoms. The van der Waals surface area contributed by atoms with Crippen LogP contribution in [0.4, 0.5) is 10.1 Å². The van der Waals surface area contributed by atoms with Crippen molar-refractivity contribution in [2.24, 2.45) is 5.10 Å². The lowest BCUT2D eigenvalue weighted by Crippen LogP contribution is -2.40. The molecule has 7 nitrogen and oxygen atoms in total. The van der Waals surface area contributed by atoms with Crippen LogP contribution in [0, 0.1) is 5.82 Å². The number of carbonyl (C=O) groups excluding carboxylic acids is 1. The minimum Gasteiger partial charge on any atom is -0.478 e. The SMILES string of the molecule is CC1=NN(c2ccc(C(=O)NCC(Oc3ccc(F)cc3)C(=O)O)cc2)CC1. The maximum atomic E-state index is 12.9. The number of amides is 1. The summed E-state index contributed by atoms with van der Waals surface area (Å²) < 4.78 is 18.2. The summed E-state index contributed by atoms with van der Waals surface area (Å²) in [7, 11) is 0. The topological polar surface area (TPSA) is 91.2 Å². The van der Waals surface area contributed by atoms with Gasteiger partial charge < -0.3 is 15.2 Å². The summed E-state index contributed by atoms with van der Waals surface area (Å²) in [6.07, 6.45) is -0.386. The maximum absolute atomic E-state index is 12.9. The highest BCUT2D eigenvalue weighted by Gasteiger charge is 2.21. The molecule has 0 radical (unpaired) electrons. The molecule has 0 fully saturated rings. The van der Waals surface area contributed by atoms with Crippen molar-refractivity contribution in [1.82, 2.24) is 5.32 Å². The van der Waals surface area contributed by atoms with E-state index < -0.39 is 23.8 Å². The molecule has 2 aromatic carbocycles. The fourth-order valence-electron chi connectivity index (χ4n) is 2.69. The Labute approximate surface area is 161 Å². The number of nitrogens with one attached hydrogen (secondary N) is 1. The molecule has 1 amide bonds. The van der Waals surface area contributed by atoms with E-state index in [1.165, 1.54) is 24.3 Å². The van der Waals surface area contributed by atoms with E-state index >= 15 is 0 Å². The molecule has 0 saturated heterocycles. The molecular formula is C20H20FN3O4. The highest BCUT2D eigenvalue weighted by molar-refractivity contribution is 5.95. The number of benzene rings is 2. The number of ether oxygens (including phenoxy) is 1. The molecule has 0 aromatic heterocycles. The second kappa shape index (κ2) is 8.51. The number of anilines is 1. The Morgan fingerprint density at radius 1 is 1.21 bits per heavy atom. The number of hydrogen-bond donors (Lipinski definition) is 2. The van der Waals surface area contributed by atoms with Gasteiger partial charge in [-0.2, -0.15) is 5.10 Å². The summed E-state index contributed by atoms with van der Waals surface area (Å²) >= 11 is 0. The maximum Gasteiger partial charge on any atom is 0.346 e. The standard InChI is InChI=1S/C20H20FN3O4/c1-13-10-11-24(23-13)16-6-2-14(3-7-16)19(25)22-12-18(20(26)27)28-17-8-4-15(21)5-9-17/h2-9,18H,10-12H2,1H3,(H,22,25)(H,26,27). The van der Waals surface area contributed by atoms with Crippen molar-refractivity contribution in [1.29, 1.82) is 0 Å². The molecule has 0 saturated carbocycles. The molecule has 8 heteroatoms. The first-order valence-corrected chi connectivity index (χ1v) is 8.77. The third-order valence-corrected chi connectivity index (χ3v) is 4.22. The summed E-state index contributed by atoms with van der Waals surface area (Å²) in [5.74, 6) is -1.90. The number of carboxylic acid groups (broad SMARTS) is 1. The Morgan fingerprint density at radius 3 is 2.46 bits per heavy atom. The van der Waals surface area contributed by atoms with Crippen LogP contribution in [0.25, 0.3) is 0 Å². The Bertz CT molecular complexity index is 881. The number of nitrogens with zero attached hydrogens (tertiary/aromatic N) is 2. The highest BCUT2D eigenvalue weighted by Crippen LogP contribution is 2.20. The van der Waals surface area contributed by atoms with Gasteiger partial charge in [-0.05, 0) is 55.5 Å². The lowest BCUT2D eigenvalue weighted by molar-refractivity contribution is -0.144. The monoisotopic (exact) mass is 385 g/mol. The average Bonchev–Trinajstić information content (AvgIpc) is 3.12. The van der Waals surface area contributed by atoms with Gasteiger partial charge in [0.2, 0.25) is 6.10 Å². The first-order valence-electron chi connectivity index (χ1n) is 8.77. The fourth-order valence-corrected chi connectivity index (χ4v) is 2.69. The number of hydrogen-bond acceptors (Lipinski definition) is 5. The Kier molecular flexibility index (Phi) is 5.88. The lowest BCUT2D eigenvalue weighted by Gasteiger charge is -2.16. The average molecular weight is 385 g/mol. The molecule has 2 aromatic rings. The van der Waals surface area contributed by atoms with E-state index in [4.69, 9.17) is 4.74 Å². The quantitative estimate of drug-likeness (QED) is 0.765. The predicted molar refractivity (Wildman–Crippen MR) is 102 cm³/mol. The molecule has 1 heterocycles. The summed E-state index contributed by atoms with van der Waals surface area (Å²) in [4.78, 5) is 23.7. The van der Waals surface area contributed by atoms with Crippen LogP contribution in [-0.2, 0) is 4.79 Å². The largest absolute Gasteiger partial charge is 0.478 e. The molecule has 3 rings (SSSR count). The van der Waals surface area contributed by atoms with E-state index in [-0.39, 0.29) is 12.3 Å². The van der Waals surface area contributed by atoms with E-state index in [2.05, 4.69) is 10.4 Å². The zero-order valence-corrected chi connectivity index (χ0v) is 15.3. The molecule has 2 N–H and O–H groups in total. The summed E-state index contributed by atoms with van der Waals surface area (Å²) in [5.41, 5.74) is 2.34. The number of aliphatic carboxylic acids is 1. The normalized spacial score (nSPS) is 14.4. The minimum absolute atomic E-state index is 0.203. The third kappa shape index (κ3) is 4.85. The van der Waals surface area contributed by atoms with Crippen LogP contribution in [0.2, 0.25) is 0 Å². The van der Waals surface area contributed by atoms with Gasteiger partial charge in [-0.1, -0.05) is 0 Å². The summed E-state index contributed by atoms with van der Waals surface area (Å²) in [5, 5.41) is 18.1. The number of halogens is 1. The van der Waals surface area contributed by atoms with Crippen LogP contribution in [0.15, 0.2) is 53.6 Å². The van der Waals surface area contributed by atoms with Gasteiger partial charge in [-0.25, -0.2) is 9.18 Å². The van der Waals surface area contributed by atoms with E-state index in [0.29, 0.717) is 5.56 Å². The Balaban J connectivity index is 1.58. The van der Waals surface area contributed by atoms with Crippen molar-refractivity contribution in [3.63, 3.8) is 0 Å². The van der Waals surface area contributed by atoms with Crippen LogP contribution in [-0.4, -0.2) is 41.9 Å². The van der Waals surface area contributed by atoms with Crippen molar-refractivity contribution in [2.75, 3.05) is 18.1 Å². The number of carboxylic acids is 1. The zero-order valence-electron chi connectivity index (χ0n) is 15.3. The molecule has 1 aliphatic heterocycles. The first-order chi connectivity index (χ1) is 13.4. The molecule has 28 heavy (non-hydrogen) atoms. The van der Waals surface area contributed by atoms with Crippen LogP contribution >= 0.6 is 0 Å². The molecule has 1 atom stereocenters. The van der Waals surface area contributed by atoms with E-state index in [1.807, 2.05) is 11.9 Å². The Morgan fingerprint density at radius 2 is 1.89 bits per heavy atom. The Hall–Kier alpha value is -3.42. The number of carbonyl (C=O) groups is 2. The van der Waals surface area contributed by atoms with E-state index in [1.54, 1.807) is 24.3 Å². The van der Waals surface area contributed by atoms with Crippen molar-refractivity contribution in [3.05, 3.63) is 59.9 Å². The van der Waals surface area contributed by atoms with E-state index in [0.717, 1.165) is 24.4 Å². The van der Waals surface area contributed by atoms with Gasteiger partial charge in [0.05, 0.1) is 12.2 Å². The molecule has 0 aliphatic carbocycles. The van der Waals surface area contributed by atoms with Crippen molar-refractivity contribution < 1.29 is 23.8 Å². The van der Waals surface area contributed by atoms with Gasteiger partial charge in [-0.3, -0.25) is 9.80 Å². The zero-order chi connectivity index (χ0) is 20.1. The smallest absolute Gasteiger partial charge is 0.346 e. The lowest BCUT2D eigenvalue weighted by atomic mass is 10.2. The molecule has 0 bridgehead atoms. The van der Waals surface area contributed by atoms with Crippen molar-refractivity contribution >= 4 is 23.3 Å². The summed E-state index contributed by atoms with van der Waals surface area (Å²) in [6.45, 7) is 2.54. The van der Waals surface area contributed by atoms with Gasteiger partial charge in [-0.15, -0.1) is 0 Å². The number of rotatable bonds is 7.